The number of ether oxygens (including phenoxy) is 3. The molecule has 1 atom stereocenters. The smallest absolute Gasteiger partial charge is 0.354 e. The minimum Gasteiger partial charge on any atom is -0.495 e. The molecular formula is C29H27ClN4O6. The van der Waals surface area contributed by atoms with Crippen molar-refractivity contribution in [3.63, 3.8) is 0 Å². The Hall–Kier alpha value is -4.59. The molecule has 0 radical (unpaired) electrons. The lowest BCUT2D eigenvalue weighted by Gasteiger charge is -2.21. The summed E-state index contributed by atoms with van der Waals surface area (Å²) in [5.74, 6) is -0.640. The number of halogens is 1. The molecule has 1 amide bonds. The van der Waals surface area contributed by atoms with E-state index in [1.807, 2.05) is 0 Å². The van der Waals surface area contributed by atoms with Gasteiger partial charge in [-0.05, 0) is 43.3 Å². The van der Waals surface area contributed by atoms with Gasteiger partial charge in [0.25, 0.3) is 5.56 Å². The topological polar surface area (TPSA) is 135 Å². The van der Waals surface area contributed by atoms with E-state index in [4.69, 9.17) is 25.8 Å². The minimum absolute atomic E-state index is 0.198. The maximum Gasteiger partial charge on any atom is 0.354 e. The SMILES string of the molecule is CCOC(=O)c1cc2ccc(NC(=O)C(CCOC)n3cc(OC)c(-c4cc(Cl)ccc4C#N)cc3=O)cc2[nH]1. The number of esters is 1. The lowest BCUT2D eigenvalue weighted by Crippen LogP contribution is -2.34. The Kier molecular flexibility index (Phi) is 8.89. The zero-order chi connectivity index (χ0) is 28.8. The number of benzene rings is 2. The number of rotatable bonds is 10. The number of amides is 1. The third-order valence-corrected chi connectivity index (χ3v) is 6.51. The van der Waals surface area contributed by atoms with E-state index in [1.165, 1.54) is 31.0 Å². The summed E-state index contributed by atoms with van der Waals surface area (Å²) in [5, 5.41) is 13.6. The fraction of sp³-hybridized carbons (Fsp3) is 0.241. The van der Waals surface area contributed by atoms with Gasteiger partial charge in [0, 0.05) is 58.9 Å². The van der Waals surface area contributed by atoms with Gasteiger partial charge < -0.3 is 24.5 Å². The third-order valence-electron chi connectivity index (χ3n) is 6.28. The first-order valence-corrected chi connectivity index (χ1v) is 12.8. The van der Waals surface area contributed by atoms with E-state index in [-0.39, 0.29) is 25.4 Å². The van der Waals surface area contributed by atoms with Crippen molar-refractivity contribution in [2.24, 2.45) is 0 Å². The molecule has 4 rings (SSSR count). The molecule has 206 valence electrons. The molecule has 0 aliphatic heterocycles. The van der Waals surface area contributed by atoms with E-state index in [0.717, 1.165) is 5.39 Å². The molecule has 4 aromatic rings. The van der Waals surface area contributed by atoms with E-state index >= 15 is 0 Å². The molecule has 10 nitrogen and oxygen atoms in total. The maximum absolute atomic E-state index is 13.5. The van der Waals surface area contributed by atoms with Crippen molar-refractivity contribution in [2.75, 3.05) is 32.8 Å². The van der Waals surface area contributed by atoms with Crippen LogP contribution in [0.3, 0.4) is 0 Å². The molecular weight excluding hydrogens is 536 g/mol. The first-order chi connectivity index (χ1) is 19.3. The highest BCUT2D eigenvalue weighted by molar-refractivity contribution is 6.31. The van der Waals surface area contributed by atoms with Crippen LogP contribution in [-0.2, 0) is 14.3 Å². The van der Waals surface area contributed by atoms with Gasteiger partial charge >= 0.3 is 5.97 Å². The van der Waals surface area contributed by atoms with Crippen molar-refractivity contribution >= 4 is 40.1 Å². The highest BCUT2D eigenvalue weighted by Gasteiger charge is 2.24. The van der Waals surface area contributed by atoms with Crippen LogP contribution in [-0.4, -0.2) is 48.9 Å². The maximum atomic E-state index is 13.5. The molecule has 2 aromatic heterocycles. The Morgan fingerprint density at radius 1 is 1.12 bits per heavy atom. The highest BCUT2D eigenvalue weighted by Crippen LogP contribution is 2.33. The van der Waals surface area contributed by atoms with Gasteiger partial charge in [0.05, 0.1) is 31.5 Å². The molecule has 2 aromatic carbocycles. The normalized spacial score (nSPS) is 11.6. The summed E-state index contributed by atoms with van der Waals surface area (Å²) in [5.41, 5.74) is 2.06. The number of pyridine rings is 1. The Morgan fingerprint density at radius 2 is 1.93 bits per heavy atom. The van der Waals surface area contributed by atoms with Crippen molar-refractivity contribution in [3.8, 4) is 22.9 Å². The lowest BCUT2D eigenvalue weighted by atomic mass is 10.00. The molecule has 2 heterocycles. The first kappa shape index (κ1) is 28.4. The number of hydrogen-bond acceptors (Lipinski definition) is 7. The van der Waals surface area contributed by atoms with Gasteiger partial charge in [0.2, 0.25) is 5.91 Å². The van der Waals surface area contributed by atoms with Crippen molar-refractivity contribution in [3.05, 3.63) is 81.4 Å². The largest absolute Gasteiger partial charge is 0.495 e. The Labute approximate surface area is 235 Å². The summed E-state index contributed by atoms with van der Waals surface area (Å²) < 4.78 is 17.1. The molecule has 2 N–H and O–H groups in total. The van der Waals surface area contributed by atoms with Crippen LogP contribution in [0, 0.1) is 11.3 Å². The van der Waals surface area contributed by atoms with Crippen molar-refractivity contribution < 1.29 is 23.8 Å². The van der Waals surface area contributed by atoms with Crippen LogP contribution in [0.15, 0.2) is 59.5 Å². The number of fused-ring (bicyclic) bond motifs is 1. The number of carbonyl (C=O) groups excluding carboxylic acids is 2. The van der Waals surface area contributed by atoms with Crippen LogP contribution in [0.2, 0.25) is 5.02 Å². The number of nitrogens with one attached hydrogen (secondary N) is 2. The number of carbonyl (C=O) groups is 2. The third kappa shape index (κ3) is 6.01. The Morgan fingerprint density at radius 3 is 2.62 bits per heavy atom. The second-order valence-electron chi connectivity index (χ2n) is 8.79. The van der Waals surface area contributed by atoms with Gasteiger partial charge in [-0.2, -0.15) is 5.26 Å². The Bertz CT molecular complexity index is 1670. The highest BCUT2D eigenvalue weighted by atomic mass is 35.5. The van der Waals surface area contributed by atoms with Crippen molar-refractivity contribution in [1.82, 2.24) is 9.55 Å². The van der Waals surface area contributed by atoms with Crippen LogP contribution in [0.4, 0.5) is 5.69 Å². The number of aromatic nitrogens is 2. The van der Waals surface area contributed by atoms with E-state index in [2.05, 4.69) is 16.4 Å². The van der Waals surface area contributed by atoms with E-state index in [9.17, 15) is 19.6 Å². The van der Waals surface area contributed by atoms with Crippen LogP contribution in [0.1, 0.15) is 35.4 Å². The zero-order valence-corrected chi connectivity index (χ0v) is 22.9. The second-order valence-corrected chi connectivity index (χ2v) is 9.23. The van der Waals surface area contributed by atoms with Crippen LogP contribution in [0.5, 0.6) is 5.75 Å². The van der Waals surface area contributed by atoms with Gasteiger partial charge in [-0.15, -0.1) is 0 Å². The molecule has 0 bridgehead atoms. The molecule has 1 unspecified atom stereocenters. The van der Waals surface area contributed by atoms with Gasteiger partial charge in [-0.1, -0.05) is 17.7 Å². The lowest BCUT2D eigenvalue weighted by molar-refractivity contribution is -0.119. The minimum atomic E-state index is -0.945. The summed E-state index contributed by atoms with van der Waals surface area (Å²) in [4.78, 5) is 41.9. The monoisotopic (exact) mass is 562 g/mol. The molecule has 0 spiro atoms. The molecule has 0 aliphatic rings. The number of aromatic amines is 1. The van der Waals surface area contributed by atoms with Gasteiger partial charge in [-0.3, -0.25) is 14.2 Å². The van der Waals surface area contributed by atoms with Crippen LogP contribution < -0.4 is 15.6 Å². The number of nitrogens with zero attached hydrogens (tertiary/aromatic N) is 2. The van der Waals surface area contributed by atoms with E-state index in [0.29, 0.717) is 38.6 Å². The fourth-order valence-corrected chi connectivity index (χ4v) is 4.53. The summed E-state index contributed by atoms with van der Waals surface area (Å²) in [6.07, 6.45) is 1.64. The molecule has 0 aliphatic carbocycles. The first-order valence-electron chi connectivity index (χ1n) is 12.4. The Balaban J connectivity index is 1.69. The van der Waals surface area contributed by atoms with Crippen molar-refractivity contribution in [1.29, 1.82) is 5.26 Å². The average molecular weight is 563 g/mol. The van der Waals surface area contributed by atoms with E-state index < -0.39 is 23.5 Å². The van der Waals surface area contributed by atoms with Crippen molar-refractivity contribution in [2.45, 2.75) is 19.4 Å². The summed E-state index contributed by atoms with van der Waals surface area (Å²) in [6.45, 7) is 2.19. The number of H-pyrrole nitrogens is 1. The van der Waals surface area contributed by atoms with E-state index in [1.54, 1.807) is 49.4 Å². The van der Waals surface area contributed by atoms with Gasteiger partial charge in [0.1, 0.15) is 17.5 Å². The predicted molar refractivity (Wildman–Crippen MR) is 151 cm³/mol. The average Bonchev–Trinajstić information content (AvgIpc) is 3.37. The molecule has 11 heteroatoms. The van der Waals surface area contributed by atoms with Gasteiger partial charge in [-0.25, -0.2) is 4.79 Å². The molecule has 40 heavy (non-hydrogen) atoms. The number of nitriles is 1. The fourth-order valence-electron chi connectivity index (χ4n) is 4.36. The van der Waals surface area contributed by atoms with Crippen LogP contribution >= 0.6 is 11.6 Å². The number of anilines is 1. The van der Waals surface area contributed by atoms with Crippen LogP contribution in [0.25, 0.3) is 22.0 Å². The predicted octanol–water partition coefficient (Wildman–Crippen LogP) is 4.92. The quantitative estimate of drug-likeness (QED) is 0.262. The summed E-state index contributed by atoms with van der Waals surface area (Å²) in [7, 11) is 2.94. The summed E-state index contributed by atoms with van der Waals surface area (Å²) >= 11 is 6.16. The number of methoxy groups -OCH3 is 2. The molecule has 0 saturated heterocycles. The number of hydrogen-bond donors (Lipinski definition) is 2. The standard InChI is InChI=1S/C29H27ClN4O6/c1-4-40-29(37)24-11-17-6-8-20(13-23(17)33-24)32-28(36)25(9-10-38-2)34-16-26(39-3)22(14-27(34)35)21-12-19(30)7-5-18(21)15-31/h5-8,11-14,16,25,33H,4,9-10H2,1-3H3,(H,32,36). The van der Waals surface area contributed by atoms with Gasteiger partial charge in [0.15, 0.2) is 0 Å². The second kappa shape index (κ2) is 12.5. The molecule has 0 fully saturated rings. The summed E-state index contributed by atoms with van der Waals surface area (Å²) in [6, 6.07) is 14.0. The zero-order valence-electron chi connectivity index (χ0n) is 22.1. The molecule has 0 saturated carbocycles.